The van der Waals surface area contributed by atoms with Crippen molar-refractivity contribution < 1.29 is 14.3 Å². The molecular formula is C10H6ClNO3. The lowest BCUT2D eigenvalue weighted by atomic mass is 10.1. The summed E-state index contributed by atoms with van der Waals surface area (Å²) in [5.41, 5.74) is 0.828. The lowest BCUT2D eigenvalue weighted by Crippen LogP contribution is -1.95. The van der Waals surface area contributed by atoms with Crippen molar-refractivity contribution in [2.45, 2.75) is 0 Å². The molecule has 0 aliphatic carbocycles. The fraction of sp³-hybridized carbons (Fsp3) is 0. The smallest absolute Gasteiger partial charge is 0.335 e. The van der Waals surface area contributed by atoms with Gasteiger partial charge in [-0.1, -0.05) is 12.1 Å². The van der Waals surface area contributed by atoms with E-state index < -0.39 is 5.97 Å². The molecule has 0 fully saturated rings. The number of aromatic nitrogens is 1. The van der Waals surface area contributed by atoms with E-state index in [-0.39, 0.29) is 10.9 Å². The number of carboxylic acids is 1. The van der Waals surface area contributed by atoms with E-state index in [0.717, 1.165) is 0 Å². The van der Waals surface area contributed by atoms with E-state index in [2.05, 4.69) is 4.98 Å². The minimum Gasteiger partial charge on any atom is -0.478 e. The van der Waals surface area contributed by atoms with Gasteiger partial charge in [-0.2, -0.15) is 0 Å². The molecule has 76 valence electrons. The van der Waals surface area contributed by atoms with Crippen molar-refractivity contribution in [3.63, 3.8) is 0 Å². The van der Waals surface area contributed by atoms with E-state index in [1.54, 1.807) is 12.1 Å². The molecule has 0 unspecified atom stereocenters. The standard InChI is InChI=1S/C10H6ClNO3/c11-10-12-5-8(15-10)6-2-1-3-7(4-6)9(13)14/h1-5H,(H,13,14). The van der Waals surface area contributed by atoms with Crippen LogP contribution in [0.15, 0.2) is 34.9 Å². The van der Waals surface area contributed by atoms with Crippen molar-refractivity contribution in [1.29, 1.82) is 0 Å². The third-order valence-corrected chi connectivity index (χ3v) is 2.05. The molecule has 0 saturated carbocycles. The summed E-state index contributed by atoms with van der Waals surface area (Å²) in [5.74, 6) is -0.537. The first kappa shape index (κ1) is 9.73. The zero-order chi connectivity index (χ0) is 10.8. The van der Waals surface area contributed by atoms with Gasteiger partial charge in [0, 0.05) is 5.56 Å². The average molecular weight is 224 g/mol. The third-order valence-electron chi connectivity index (χ3n) is 1.87. The van der Waals surface area contributed by atoms with Crippen LogP contribution in [-0.2, 0) is 0 Å². The van der Waals surface area contributed by atoms with Crippen LogP contribution in [0.2, 0.25) is 5.35 Å². The van der Waals surface area contributed by atoms with E-state index in [1.165, 1.54) is 18.3 Å². The number of benzene rings is 1. The summed E-state index contributed by atoms with van der Waals surface area (Å²) in [6.07, 6.45) is 1.45. The highest BCUT2D eigenvalue weighted by molar-refractivity contribution is 6.27. The third kappa shape index (κ3) is 1.99. The first-order valence-corrected chi connectivity index (χ1v) is 4.49. The molecule has 0 saturated heterocycles. The maximum Gasteiger partial charge on any atom is 0.335 e. The summed E-state index contributed by atoms with van der Waals surface area (Å²) in [5, 5.41) is 8.82. The molecule has 1 heterocycles. The second-order valence-electron chi connectivity index (χ2n) is 2.86. The van der Waals surface area contributed by atoms with Crippen LogP contribution >= 0.6 is 11.6 Å². The highest BCUT2D eigenvalue weighted by Crippen LogP contribution is 2.23. The number of carbonyl (C=O) groups is 1. The quantitative estimate of drug-likeness (QED) is 0.850. The lowest BCUT2D eigenvalue weighted by Gasteiger charge is -1.97. The molecule has 1 aromatic carbocycles. The number of carboxylic acid groups (broad SMARTS) is 1. The Morgan fingerprint density at radius 3 is 2.87 bits per heavy atom. The molecule has 0 bridgehead atoms. The minimum absolute atomic E-state index is 0.0331. The molecule has 0 atom stereocenters. The fourth-order valence-corrected chi connectivity index (χ4v) is 1.32. The van der Waals surface area contributed by atoms with Crippen LogP contribution in [0.5, 0.6) is 0 Å². The van der Waals surface area contributed by atoms with Crippen LogP contribution in [0.4, 0.5) is 0 Å². The van der Waals surface area contributed by atoms with Crippen LogP contribution in [0.3, 0.4) is 0 Å². The number of aromatic carboxylic acids is 1. The van der Waals surface area contributed by atoms with Crippen molar-refractivity contribution in [2.24, 2.45) is 0 Å². The number of hydrogen-bond donors (Lipinski definition) is 1. The fourth-order valence-electron chi connectivity index (χ4n) is 1.19. The van der Waals surface area contributed by atoms with Crippen molar-refractivity contribution >= 4 is 17.6 Å². The lowest BCUT2D eigenvalue weighted by molar-refractivity contribution is 0.0697. The van der Waals surface area contributed by atoms with Crippen LogP contribution < -0.4 is 0 Å². The van der Waals surface area contributed by atoms with Gasteiger partial charge in [0.15, 0.2) is 5.76 Å². The average Bonchev–Trinajstić information content (AvgIpc) is 2.65. The van der Waals surface area contributed by atoms with Gasteiger partial charge >= 0.3 is 5.97 Å². The Hall–Kier alpha value is -1.81. The van der Waals surface area contributed by atoms with E-state index >= 15 is 0 Å². The normalized spacial score (nSPS) is 10.2. The number of hydrogen-bond acceptors (Lipinski definition) is 3. The second-order valence-corrected chi connectivity index (χ2v) is 3.19. The molecule has 0 aliphatic rings. The molecule has 2 rings (SSSR count). The molecule has 0 aliphatic heterocycles. The van der Waals surface area contributed by atoms with Crippen LogP contribution in [0.1, 0.15) is 10.4 Å². The maximum absolute atomic E-state index is 10.7. The van der Waals surface area contributed by atoms with Gasteiger partial charge in [0.25, 0.3) is 5.35 Å². The Morgan fingerprint density at radius 2 is 2.27 bits per heavy atom. The number of oxazole rings is 1. The van der Waals surface area contributed by atoms with Gasteiger partial charge in [0.1, 0.15) is 0 Å². The molecule has 15 heavy (non-hydrogen) atoms. The van der Waals surface area contributed by atoms with Crippen molar-refractivity contribution in [3.05, 3.63) is 41.4 Å². The van der Waals surface area contributed by atoms with Crippen LogP contribution in [0, 0.1) is 0 Å². The zero-order valence-corrected chi connectivity index (χ0v) is 8.23. The first-order chi connectivity index (χ1) is 7.16. The predicted molar refractivity (Wildman–Crippen MR) is 53.9 cm³/mol. The molecule has 2 aromatic rings. The van der Waals surface area contributed by atoms with E-state index in [4.69, 9.17) is 21.1 Å². The summed E-state index contributed by atoms with van der Waals surface area (Å²) >= 11 is 5.52. The Labute approximate surface area is 90.1 Å². The van der Waals surface area contributed by atoms with E-state index in [9.17, 15) is 4.79 Å². The minimum atomic E-state index is -0.984. The summed E-state index contributed by atoms with van der Waals surface area (Å²) in [4.78, 5) is 14.4. The molecule has 4 nitrogen and oxygen atoms in total. The van der Waals surface area contributed by atoms with Gasteiger partial charge in [-0.05, 0) is 23.7 Å². The highest BCUT2D eigenvalue weighted by atomic mass is 35.5. The van der Waals surface area contributed by atoms with Gasteiger partial charge in [0.05, 0.1) is 11.8 Å². The monoisotopic (exact) mass is 223 g/mol. The molecule has 1 N–H and O–H groups in total. The van der Waals surface area contributed by atoms with E-state index in [0.29, 0.717) is 11.3 Å². The topological polar surface area (TPSA) is 63.3 Å². The Kier molecular flexibility index (Phi) is 2.43. The van der Waals surface area contributed by atoms with Crippen LogP contribution in [0.25, 0.3) is 11.3 Å². The van der Waals surface area contributed by atoms with Gasteiger partial charge in [-0.15, -0.1) is 0 Å². The zero-order valence-electron chi connectivity index (χ0n) is 7.48. The molecule has 5 heteroatoms. The van der Waals surface area contributed by atoms with Gasteiger partial charge in [-0.25, -0.2) is 9.78 Å². The summed E-state index contributed by atoms with van der Waals surface area (Å²) in [6.45, 7) is 0. The van der Waals surface area contributed by atoms with E-state index in [1.807, 2.05) is 0 Å². The predicted octanol–water partition coefficient (Wildman–Crippen LogP) is 2.69. The van der Waals surface area contributed by atoms with Crippen molar-refractivity contribution in [3.8, 4) is 11.3 Å². The Bertz CT molecular complexity index is 507. The SMILES string of the molecule is O=C(O)c1cccc(-c2cnc(Cl)o2)c1. The number of halogens is 1. The largest absolute Gasteiger partial charge is 0.478 e. The number of rotatable bonds is 2. The maximum atomic E-state index is 10.7. The molecule has 0 amide bonds. The van der Waals surface area contributed by atoms with Gasteiger partial charge < -0.3 is 9.52 Å². The summed E-state index contributed by atoms with van der Waals surface area (Å²) < 4.78 is 5.07. The van der Waals surface area contributed by atoms with Gasteiger partial charge in [-0.3, -0.25) is 0 Å². The van der Waals surface area contributed by atoms with Gasteiger partial charge in [0.2, 0.25) is 0 Å². The molecule has 0 radical (unpaired) electrons. The summed E-state index contributed by atoms with van der Waals surface area (Å²) in [7, 11) is 0. The molecular weight excluding hydrogens is 218 g/mol. The summed E-state index contributed by atoms with van der Waals surface area (Å²) in [6, 6.07) is 6.36. The van der Waals surface area contributed by atoms with Crippen LogP contribution in [-0.4, -0.2) is 16.1 Å². The number of nitrogens with zero attached hydrogens (tertiary/aromatic N) is 1. The van der Waals surface area contributed by atoms with Crippen molar-refractivity contribution in [1.82, 2.24) is 4.98 Å². The molecule has 0 spiro atoms. The Balaban J connectivity index is 2.45. The Morgan fingerprint density at radius 1 is 1.47 bits per heavy atom. The second kappa shape index (κ2) is 3.74. The first-order valence-electron chi connectivity index (χ1n) is 4.12. The highest BCUT2D eigenvalue weighted by Gasteiger charge is 2.08. The molecule has 1 aromatic heterocycles. The van der Waals surface area contributed by atoms with Crippen molar-refractivity contribution in [2.75, 3.05) is 0 Å².